The molecule has 0 radical (unpaired) electrons. The first kappa shape index (κ1) is 16.2. The molecule has 0 aliphatic carbocycles. The Hall–Kier alpha value is -2.70. The zero-order valence-electron chi connectivity index (χ0n) is 12.8. The molecule has 3 aromatic rings. The summed E-state index contributed by atoms with van der Waals surface area (Å²) in [6.45, 7) is 1.46. The molecule has 0 fully saturated rings. The molecule has 0 aliphatic rings. The zero-order valence-corrected chi connectivity index (χ0v) is 14.5. The molecule has 0 aromatic carbocycles. The normalized spacial score (nSPS) is 10.5. The lowest BCUT2D eigenvalue weighted by atomic mass is 10.3. The first-order valence-corrected chi connectivity index (χ1v) is 8.57. The largest absolute Gasteiger partial charge is 0.451 e. The number of esters is 1. The van der Waals surface area contributed by atoms with Gasteiger partial charge in [-0.15, -0.1) is 22.7 Å². The number of anilines is 1. The number of hydrogen-bond donors (Lipinski definition) is 1. The standard InChI is InChI=1S/C15H12N4O3S2/c1-8-10-5-11(24-14(10)19(2)18-8)15(21)22-7-12(20)17-13-9(6-16)3-4-23-13/h3-5H,7H2,1-2H3,(H,17,20). The van der Waals surface area contributed by atoms with E-state index in [1.54, 1.807) is 22.2 Å². The Balaban J connectivity index is 1.63. The molecule has 0 atom stereocenters. The molecule has 0 aliphatic heterocycles. The van der Waals surface area contributed by atoms with Crippen LogP contribution in [0, 0.1) is 18.3 Å². The second-order valence-corrected chi connectivity index (χ2v) is 6.88. The number of thiophene rings is 2. The third-order valence-electron chi connectivity index (χ3n) is 3.27. The summed E-state index contributed by atoms with van der Waals surface area (Å²) in [5.74, 6) is -1.04. The average Bonchev–Trinajstić information content (AvgIpc) is 3.23. The van der Waals surface area contributed by atoms with Gasteiger partial charge in [0.15, 0.2) is 6.61 Å². The van der Waals surface area contributed by atoms with Crippen LogP contribution in [0.25, 0.3) is 10.2 Å². The van der Waals surface area contributed by atoms with Gasteiger partial charge in [-0.2, -0.15) is 10.4 Å². The molecule has 9 heteroatoms. The molecule has 3 aromatic heterocycles. The van der Waals surface area contributed by atoms with Crippen molar-refractivity contribution in [3.8, 4) is 6.07 Å². The summed E-state index contributed by atoms with van der Waals surface area (Å²) >= 11 is 2.51. The molecule has 3 heterocycles. The summed E-state index contributed by atoms with van der Waals surface area (Å²) in [4.78, 5) is 25.2. The highest BCUT2D eigenvalue weighted by Crippen LogP contribution is 2.28. The van der Waals surface area contributed by atoms with Crippen LogP contribution in [0.5, 0.6) is 0 Å². The summed E-state index contributed by atoms with van der Waals surface area (Å²) < 4.78 is 6.75. The Morgan fingerprint density at radius 3 is 3.00 bits per heavy atom. The van der Waals surface area contributed by atoms with Crippen LogP contribution in [-0.2, 0) is 16.6 Å². The van der Waals surface area contributed by atoms with Crippen molar-refractivity contribution in [1.82, 2.24) is 9.78 Å². The molecule has 0 saturated heterocycles. The number of fused-ring (bicyclic) bond motifs is 1. The van der Waals surface area contributed by atoms with Crippen molar-refractivity contribution >= 4 is 49.8 Å². The molecule has 24 heavy (non-hydrogen) atoms. The lowest BCUT2D eigenvalue weighted by Crippen LogP contribution is -2.20. The number of nitrogens with one attached hydrogen (secondary N) is 1. The van der Waals surface area contributed by atoms with Gasteiger partial charge in [0.25, 0.3) is 5.91 Å². The summed E-state index contributed by atoms with van der Waals surface area (Å²) in [7, 11) is 1.81. The number of nitrogens with zero attached hydrogens (tertiary/aromatic N) is 3. The lowest BCUT2D eigenvalue weighted by molar-refractivity contribution is -0.119. The number of nitriles is 1. The first-order chi connectivity index (χ1) is 11.5. The van der Waals surface area contributed by atoms with E-state index in [-0.39, 0.29) is 0 Å². The molecule has 0 saturated carbocycles. The van der Waals surface area contributed by atoms with E-state index >= 15 is 0 Å². The van der Waals surface area contributed by atoms with Crippen molar-refractivity contribution in [2.75, 3.05) is 11.9 Å². The molecule has 1 N–H and O–H groups in total. The number of carbonyl (C=O) groups is 2. The fraction of sp³-hybridized carbons (Fsp3) is 0.200. The van der Waals surface area contributed by atoms with Crippen molar-refractivity contribution in [2.45, 2.75) is 6.92 Å². The summed E-state index contributed by atoms with van der Waals surface area (Å²) in [6.07, 6.45) is 0. The van der Waals surface area contributed by atoms with Gasteiger partial charge in [-0.25, -0.2) is 4.79 Å². The third-order valence-corrected chi connectivity index (χ3v) is 5.28. The van der Waals surface area contributed by atoms with Crippen LogP contribution in [-0.4, -0.2) is 28.3 Å². The maximum Gasteiger partial charge on any atom is 0.348 e. The Labute approximate surface area is 145 Å². The Kier molecular flexibility index (Phi) is 4.33. The predicted octanol–water partition coefficient (Wildman–Crippen LogP) is 2.67. The molecule has 0 spiro atoms. The van der Waals surface area contributed by atoms with Crippen molar-refractivity contribution < 1.29 is 14.3 Å². The van der Waals surface area contributed by atoms with Crippen LogP contribution in [0.3, 0.4) is 0 Å². The van der Waals surface area contributed by atoms with Gasteiger partial charge >= 0.3 is 5.97 Å². The minimum Gasteiger partial charge on any atom is -0.451 e. The van der Waals surface area contributed by atoms with Gasteiger partial charge in [0, 0.05) is 12.4 Å². The van der Waals surface area contributed by atoms with Gasteiger partial charge in [0.2, 0.25) is 0 Å². The van der Waals surface area contributed by atoms with E-state index in [9.17, 15) is 9.59 Å². The number of amides is 1. The maximum absolute atomic E-state index is 12.1. The summed E-state index contributed by atoms with van der Waals surface area (Å²) in [5.41, 5.74) is 1.22. The van der Waals surface area contributed by atoms with Gasteiger partial charge in [-0.1, -0.05) is 0 Å². The highest BCUT2D eigenvalue weighted by molar-refractivity contribution is 7.20. The Morgan fingerprint density at radius 1 is 1.50 bits per heavy atom. The van der Waals surface area contributed by atoms with Crippen molar-refractivity contribution in [1.29, 1.82) is 5.26 Å². The monoisotopic (exact) mass is 360 g/mol. The van der Waals surface area contributed by atoms with Crippen LogP contribution in [0.1, 0.15) is 20.9 Å². The predicted molar refractivity (Wildman–Crippen MR) is 91.3 cm³/mol. The second kappa shape index (κ2) is 6.43. The topological polar surface area (TPSA) is 97.0 Å². The van der Waals surface area contributed by atoms with Gasteiger partial charge in [-0.3, -0.25) is 9.48 Å². The highest BCUT2D eigenvalue weighted by atomic mass is 32.1. The number of carbonyl (C=O) groups excluding carboxylic acids is 2. The second-order valence-electron chi connectivity index (χ2n) is 4.94. The first-order valence-electron chi connectivity index (χ1n) is 6.87. The summed E-state index contributed by atoms with van der Waals surface area (Å²) in [5, 5.41) is 18.8. The van der Waals surface area contributed by atoms with Crippen molar-refractivity contribution in [3.05, 3.63) is 33.6 Å². The van der Waals surface area contributed by atoms with E-state index in [1.165, 1.54) is 22.7 Å². The number of ether oxygens (including phenoxy) is 1. The smallest absolute Gasteiger partial charge is 0.348 e. The molecule has 122 valence electrons. The van der Waals surface area contributed by atoms with E-state index < -0.39 is 18.5 Å². The van der Waals surface area contributed by atoms with E-state index in [4.69, 9.17) is 10.00 Å². The fourth-order valence-electron chi connectivity index (χ4n) is 2.16. The molecule has 0 bridgehead atoms. The summed E-state index contributed by atoms with van der Waals surface area (Å²) in [6, 6.07) is 5.30. The lowest BCUT2D eigenvalue weighted by Gasteiger charge is -2.04. The molecule has 3 rings (SSSR count). The van der Waals surface area contributed by atoms with Crippen LogP contribution in [0.2, 0.25) is 0 Å². The van der Waals surface area contributed by atoms with Crippen molar-refractivity contribution in [3.63, 3.8) is 0 Å². The van der Waals surface area contributed by atoms with E-state index in [0.29, 0.717) is 15.4 Å². The van der Waals surface area contributed by atoms with Gasteiger partial charge in [0.1, 0.15) is 20.8 Å². The maximum atomic E-state index is 12.1. The molecule has 1 amide bonds. The molecular formula is C15H12N4O3S2. The Bertz CT molecular complexity index is 942. The Morgan fingerprint density at radius 2 is 2.29 bits per heavy atom. The van der Waals surface area contributed by atoms with E-state index in [1.807, 2.05) is 20.0 Å². The minimum atomic E-state index is -0.558. The SMILES string of the molecule is Cc1nn(C)c2sc(C(=O)OCC(=O)Nc3sccc3C#N)cc12. The number of rotatable bonds is 4. The van der Waals surface area contributed by atoms with Gasteiger partial charge in [0.05, 0.1) is 11.3 Å². The fourth-order valence-corrected chi connectivity index (χ4v) is 3.94. The van der Waals surface area contributed by atoms with E-state index in [2.05, 4.69) is 10.4 Å². The van der Waals surface area contributed by atoms with Crippen LogP contribution in [0.4, 0.5) is 5.00 Å². The molecular weight excluding hydrogens is 348 g/mol. The molecule has 7 nitrogen and oxygen atoms in total. The van der Waals surface area contributed by atoms with Gasteiger partial charge < -0.3 is 10.1 Å². The quantitative estimate of drug-likeness (QED) is 0.722. The number of aromatic nitrogens is 2. The van der Waals surface area contributed by atoms with E-state index in [0.717, 1.165) is 15.9 Å². The average molecular weight is 360 g/mol. The highest BCUT2D eigenvalue weighted by Gasteiger charge is 2.17. The number of aryl methyl sites for hydroxylation is 2. The van der Waals surface area contributed by atoms with Crippen molar-refractivity contribution in [2.24, 2.45) is 7.05 Å². The van der Waals surface area contributed by atoms with Crippen LogP contribution >= 0.6 is 22.7 Å². The van der Waals surface area contributed by atoms with Gasteiger partial charge in [-0.05, 0) is 24.4 Å². The molecule has 0 unspecified atom stereocenters. The zero-order chi connectivity index (χ0) is 17.3. The third kappa shape index (κ3) is 3.02. The minimum absolute atomic E-state index is 0.382. The number of hydrogen-bond acceptors (Lipinski definition) is 7. The van der Waals surface area contributed by atoms with Crippen LogP contribution < -0.4 is 5.32 Å². The van der Waals surface area contributed by atoms with Crippen LogP contribution in [0.15, 0.2) is 17.5 Å².